The maximum absolute atomic E-state index is 13.6. The van der Waals surface area contributed by atoms with Crippen LogP contribution in [0.3, 0.4) is 0 Å². The largest absolute Gasteiger partial charge is 0.489 e. The summed E-state index contributed by atoms with van der Waals surface area (Å²) >= 11 is 0. The fourth-order valence-corrected chi connectivity index (χ4v) is 2.57. The number of aromatic nitrogens is 2. The van der Waals surface area contributed by atoms with Gasteiger partial charge < -0.3 is 19.5 Å². The predicted molar refractivity (Wildman–Crippen MR) is 117 cm³/mol. The zero-order valence-corrected chi connectivity index (χ0v) is 18.7. The number of hydrogen-bond donors (Lipinski definition) is 1. The Morgan fingerprint density at radius 1 is 1.37 bits per heavy atom. The zero-order chi connectivity index (χ0) is 18.9. The molecule has 0 bridgehead atoms. The number of likely N-dealkylation sites (N-methyl/N-ethyl adjacent to an activating group) is 1. The van der Waals surface area contributed by atoms with Crippen LogP contribution in [0.4, 0.5) is 4.39 Å². The quantitative estimate of drug-likeness (QED) is 0.351. The summed E-state index contributed by atoms with van der Waals surface area (Å²) in [5.41, 5.74) is 0. The van der Waals surface area contributed by atoms with Gasteiger partial charge in [-0.25, -0.2) is 9.37 Å². The minimum absolute atomic E-state index is 0. The summed E-state index contributed by atoms with van der Waals surface area (Å²) in [7, 11) is 3.65. The molecule has 0 radical (unpaired) electrons. The van der Waals surface area contributed by atoms with Crippen LogP contribution in [0.5, 0.6) is 5.75 Å². The van der Waals surface area contributed by atoms with Crippen LogP contribution >= 0.6 is 24.0 Å². The van der Waals surface area contributed by atoms with Crippen molar-refractivity contribution in [3.63, 3.8) is 0 Å². The van der Waals surface area contributed by atoms with Gasteiger partial charge in [0, 0.05) is 33.0 Å². The Morgan fingerprint density at radius 2 is 2.11 bits per heavy atom. The van der Waals surface area contributed by atoms with Crippen LogP contribution in [0.25, 0.3) is 0 Å². The van der Waals surface area contributed by atoms with Gasteiger partial charge in [0.2, 0.25) is 0 Å². The second-order valence-electron chi connectivity index (χ2n) is 6.49. The van der Waals surface area contributed by atoms with E-state index in [0.717, 1.165) is 18.3 Å². The van der Waals surface area contributed by atoms with Gasteiger partial charge in [-0.15, -0.1) is 24.0 Å². The molecule has 8 heteroatoms. The van der Waals surface area contributed by atoms with Crippen molar-refractivity contribution in [2.75, 3.05) is 27.2 Å². The summed E-state index contributed by atoms with van der Waals surface area (Å²) in [6.45, 7) is 6.82. The summed E-state index contributed by atoms with van der Waals surface area (Å²) in [5, 5.41) is 3.31. The summed E-state index contributed by atoms with van der Waals surface area (Å²) < 4.78 is 21.2. The Balaban J connectivity index is 0.00000364. The SMILES string of the molecule is CN=C(NCc1nccn1CC(C)C)N(C)CCOc1ccccc1F.I. The summed E-state index contributed by atoms with van der Waals surface area (Å²) in [6.07, 6.45) is 3.81. The third-order valence-corrected chi connectivity index (χ3v) is 3.86. The van der Waals surface area contributed by atoms with Crippen molar-refractivity contribution in [3.8, 4) is 5.75 Å². The van der Waals surface area contributed by atoms with Crippen LogP contribution in [0.15, 0.2) is 41.7 Å². The van der Waals surface area contributed by atoms with Crippen molar-refractivity contribution < 1.29 is 9.13 Å². The Morgan fingerprint density at radius 3 is 2.78 bits per heavy atom. The number of para-hydroxylation sites is 1. The van der Waals surface area contributed by atoms with E-state index in [2.05, 4.69) is 33.7 Å². The molecule has 0 atom stereocenters. The molecule has 0 aliphatic rings. The zero-order valence-electron chi connectivity index (χ0n) is 16.4. The molecule has 0 spiro atoms. The Bertz CT molecular complexity index is 720. The lowest BCUT2D eigenvalue weighted by Gasteiger charge is -2.22. The number of nitrogens with zero attached hydrogens (tertiary/aromatic N) is 4. The third-order valence-electron chi connectivity index (χ3n) is 3.86. The number of benzene rings is 1. The molecule has 0 unspecified atom stereocenters. The number of guanidine groups is 1. The van der Waals surface area contributed by atoms with Crippen LogP contribution in [0.1, 0.15) is 19.7 Å². The molecule has 0 fully saturated rings. The van der Waals surface area contributed by atoms with E-state index in [-0.39, 0.29) is 35.5 Å². The van der Waals surface area contributed by atoms with E-state index in [9.17, 15) is 4.39 Å². The van der Waals surface area contributed by atoms with Gasteiger partial charge in [0.15, 0.2) is 17.5 Å². The summed E-state index contributed by atoms with van der Waals surface area (Å²) in [4.78, 5) is 10.6. The van der Waals surface area contributed by atoms with E-state index in [1.165, 1.54) is 6.07 Å². The number of ether oxygens (including phenoxy) is 1. The first-order valence-corrected chi connectivity index (χ1v) is 8.80. The number of nitrogens with one attached hydrogen (secondary N) is 1. The molecule has 0 amide bonds. The third kappa shape index (κ3) is 7.36. The van der Waals surface area contributed by atoms with Crippen molar-refractivity contribution in [2.45, 2.75) is 26.9 Å². The van der Waals surface area contributed by atoms with Gasteiger partial charge in [-0.2, -0.15) is 0 Å². The second-order valence-corrected chi connectivity index (χ2v) is 6.49. The lowest BCUT2D eigenvalue weighted by atomic mass is 10.2. The molecule has 1 N–H and O–H groups in total. The minimum Gasteiger partial charge on any atom is -0.489 e. The molecule has 150 valence electrons. The van der Waals surface area contributed by atoms with Crippen LogP contribution < -0.4 is 10.1 Å². The van der Waals surface area contributed by atoms with Gasteiger partial charge >= 0.3 is 0 Å². The van der Waals surface area contributed by atoms with Crippen LogP contribution in [-0.4, -0.2) is 47.7 Å². The summed E-state index contributed by atoms with van der Waals surface area (Å²) in [5.74, 6) is 2.17. The van der Waals surface area contributed by atoms with Crippen LogP contribution in [0.2, 0.25) is 0 Å². The maximum atomic E-state index is 13.6. The molecule has 0 saturated carbocycles. The predicted octanol–water partition coefficient (Wildman–Crippen LogP) is 3.38. The fourth-order valence-electron chi connectivity index (χ4n) is 2.57. The highest BCUT2D eigenvalue weighted by molar-refractivity contribution is 14.0. The van der Waals surface area contributed by atoms with Crippen molar-refractivity contribution in [1.82, 2.24) is 19.8 Å². The number of aliphatic imine (C=N–C) groups is 1. The van der Waals surface area contributed by atoms with E-state index in [4.69, 9.17) is 4.74 Å². The Kier molecular flexibility index (Phi) is 10.1. The van der Waals surface area contributed by atoms with E-state index in [1.807, 2.05) is 24.3 Å². The molecule has 0 aliphatic heterocycles. The average molecular weight is 489 g/mol. The smallest absolute Gasteiger partial charge is 0.193 e. The van der Waals surface area contributed by atoms with Crippen molar-refractivity contribution in [3.05, 3.63) is 48.3 Å². The molecule has 1 heterocycles. The standard InChI is InChI=1S/C19H28FN5O.HI/c1-15(2)14-25-10-9-22-18(25)13-23-19(21-3)24(4)11-12-26-17-8-6-5-7-16(17)20;/h5-10,15H,11-14H2,1-4H3,(H,21,23);1H. The lowest BCUT2D eigenvalue weighted by molar-refractivity contribution is 0.270. The molecule has 6 nitrogen and oxygen atoms in total. The van der Waals surface area contributed by atoms with Gasteiger partial charge in [0.25, 0.3) is 0 Å². The molecular formula is C19H29FIN5O. The normalized spacial score (nSPS) is 11.3. The van der Waals surface area contributed by atoms with E-state index >= 15 is 0 Å². The average Bonchev–Trinajstić information content (AvgIpc) is 3.03. The molecule has 27 heavy (non-hydrogen) atoms. The number of rotatable bonds is 8. The molecular weight excluding hydrogens is 460 g/mol. The minimum atomic E-state index is -0.352. The van der Waals surface area contributed by atoms with Crippen molar-refractivity contribution in [2.24, 2.45) is 10.9 Å². The lowest BCUT2D eigenvalue weighted by Crippen LogP contribution is -2.41. The van der Waals surface area contributed by atoms with Crippen molar-refractivity contribution in [1.29, 1.82) is 0 Å². The van der Waals surface area contributed by atoms with Gasteiger partial charge in [0.05, 0.1) is 13.1 Å². The Labute approximate surface area is 177 Å². The fraction of sp³-hybridized carbons (Fsp3) is 0.474. The Hall–Kier alpha value is -1.84. The van der Waals surface area contributed by atoms with Gasteiger partial charge in [-0.3, -0.25) is 4.99 Å². The van der Waals surface area contributed by atoms with Gasteiger partial charge in [-0.1, -0.05) is 26.0 Å². The molecule has 2 rings (SSSR count). The van der Waals surface area contributed by atoms with Crippen LogP contribution in [0, 0.1) is 11.7 Å². The first kappa shape index (κ1) is 23.2. The number of hydrogen-bond acceptors (Lipinski definition) is 3. The van der Waals surface area contributed by atoms with E-state index in [0.29, 0.717) is 25.6 Å². The first-order chi connectivity index (χ1) is 12.5. The number of imidazole rings is 1. The maximum Gasteiger partial charge on any atom is 0.193 e. The highest BCUT2D eigenvalue weighted by Gasteiger charge is 2.10. The van der Waals surface area contributed by atoms with Gasteiger partial charge in [0.1, 0.15) is 12.4 Å². The van der Waals surface area contributed by atoms with E-state index < -0.39 is 0 Å². The highest BCUT2D eigenvalue weighted by atomic mass is 127. The molecule has 0 saturated heterocycles. The van der Waals surface area contributed by atoms with Crippen molar-refractivity contribution >= 4 is 29.9 Å². The number of halogens is 2. The first-order valence-electron chi connectivity index (χ1n) is 8.80. The molecule has 1 aromatic heterocycles. The highest BCUT2D eigenvalue weighted by Crippen LogP contribution is 2.15. The monoisotopic (exact) mass is 489 g/mol. The van der Waals surface area contributed by atoms with E-state index in [1.54, 1.807) is 25.2 Å². The summed E-state index contributed by atoms with van der Waals surface area (Å²) in [6, 6.07) is 6.40. The second kappa shape index (κ2) is 11.8. The molecule has 2 aromatic rings. The topological polar surface area (TPSA) is 54.7 Å². The van der Waals surface area contributed by atoms with Crippen LogP contribution in [-0.2, 0) is 13.1 Å². The molecule has 1 aromatic carbocycles. The van der Waals surface area contributed by atoms with Gasteiger partial charge in [-0.05, 0) is 18.1 Å². The molecule has 0 aliphatic carbocycles.